The standard InChI is InChI=1S/C10H17N3O6S.C2HF3O2/c11-5(10(18)19)1-2-7(14)13-6(4-20)9(17)12-3-8(15)16;3-2(4,5)1(6)7/h5-6,20H,1-4,11H2,(H,12,17)(H,13,14)(H,15,16)(H,18,19);(H,6,7)/t5-,6-;/m0./s1/i3+1,8+1,12+1;. The number of nitrogens with two attached hydrogens (primary N) is 1. The van der Waals surface area contributed by atoms with Crippen LogP contribution in [-0.4, -0.2) is 75.6 Å². The monoisotopic (exact) mass is 424 g/mol. The smallest absolute Gasteiger partial charge is 0.480 e. The Kier molecular flexibility index (Phi) is 12.6. The van der Waals surface area contributed by atoms with Crippen molar-refractivity contribution in [2.24, 2.45) is 5.73 Å². The van der Waals surface area contributed by atoms with E-state index < -0.39 is 54.5 Å². The van der Waals surface area contributed by atoms with Gasteiger partial charge in [-0.3, -0.25) is 19.2 Å². The molecule has 0 aliphatic carbocycles. The van der Waals surface area contributed by atoms with Gasteiger partial charge < -0.3 is 31.7 Å². The van der Waals surface area contributed by atoms with E-state index in [1.165, 1.54) is 0 Å². The van der Waals surface area contributed by atoms with Crippen LogP contribution in [0.2, 0.25) is 0 Å². The van der Waals surface area contributed by atoms with E-state index in [2.05, 4.69) is 23.3 Å². The van der Waals surface area contributed by atoms with Crippen molar-refractivity contribution in [3.8, 4) is 0 Å². The number of hydrogen-bond acceptors (Lipinski definition) is 7. The van der Waals surface area contributed by atoms with Crippen molar-refractivity contribution in [2.45, 2.75) is 31.1 Å². The Labute approximate surface area is 155 Å². The van der Waals surface area contributed by atoms with Gasteiger partial charge in [-0.2, -0.15) is 25.8 Å². The largest absolute Gasteiger partial charge is 0.490 e. The van der Waals surface area contributed by atoms with E-state index in [-0.39, 0.29) is 18.6 Å². The predicted molar refractivity (Wildman–Crippen MR) is 85.0 cm³/mol. The van der Waals surface area contributed by atoms with Crippen molar-refractivity contribution in [1.29, 1.82) is 0 Å². The number of alkyl halides is 3. The Bertz CT molecular complexity index is 558. The highest BCUT2D eigenvalue weighted by atomic mass is 32.1. The summed E-state index contributed by atoms with van der Waals surface area (Å²) >= 11 is 3.87. The lowest BCUT2D eigenvalue weighted by molar-refractivity contribution is -0.192. The first-order valence-electron chi connectivity index (χ1n) is 6.90. The van der Waals surface area contributed by atoms with Crippen molar-refractivity contribution in [3.05, 3.63) is 0 Å². The number of thiol groups is 1. The SMILES string of the molecule is N[C@@H](CCC(=O)N[C@@H](CS)C(=O)[15NH][13CH2][13C](=O)O)C(=O)O.O=C(O)C(F)(F)F. The third-order valence-corrected chi connectivity index (χ3v) is 2.86. The minimum atomic E-state index is -5.08. The van der Waals surface area contributed by atoms with E-state index >= 15 is 0 Å². The lowest BCUT2D eigenvalue weighted by Crippen LogP contribution is -2.49. The molecule has 27 heavy (non-hydrogen) atoms. The third-order valence-electron chi connectivity index (χ3n) is 2.49. The van der Waals surface area contributed by atoms with E-state index in [1.807, 2.05) is 0 Å². The average Bonchev–Trinajstić information content (AvgIpc) is 2.54. The van der Waals surface area contributed by atoms with Crippen LogP contribution in [0.4, 0.5) is 13.2 Å². The molecule has 0 aliphatic rings. The van der Waals surface area contributed by atoms with E-state index in [1.54, 1.807) is 0 Å². The molecule has 0 unspecified atom stereocenters. The van der Waals surface area contributed by atoms with Crippen LogP contribution in [0.25, 0.3) is 0 Å². The van der Waals surface area contributed by atoms with Gasteiger partial charge in [-0.25, -0.2) is 4.79 Å². The molecule has 0 aromatic rings. The minimum absolute atomic E-state index is 0.0256. The zero-order chi connectivity index (χ0) is 21.8. The van der Waals surface area contributed by atoms with Crippen molar-refractivity contribution in [1.82, 2.24) is 10.6 Å². The van der Waals surface area contributed by atoms with E-state index in [9.17, 15) is 32.3 Å². The zero-order valence-electron chi connectivity index (χ0n) is 13.5. The molecule has 0 spiro atoms. The number of carbonyl (C=O) groups is 5. The molecule has 0 heterocycles. The van der Waals surface area contributed by atoms with Crippen LogP contribution in [0.15, 0.2) is 0 Å². The molecule has 0 aliphatic heterocycles. The number of rotatable bonds is 9. The van der Waals surface area contributed by atoms with Crippen molar-refractivity contribution < 1.29 is 52.5 Å². The summed E-state index contributed by atoms with van der Waals surface area (Å²) in [6.45, 7) is -0.567. The van der Waals surface area contributed by atoms with Gasteiger partial charge in [0.2, 0.25) is 11.8 Å². The molecule has 0 aromatic carbocycles. The normalized spacial score (nSPS) is 12.6. The molecule has 11 nitrogen and oxygen atoms in total. The quantitative estimate of drug-likeness (QED) is 0.130. The van der Waals surface area contributed by atoms with Gasteiger partial charge in [0.05, 0.1) is 0 Å². The molecule has 0 aromatic heterocycles. The van der Waals surface area contributed by atoms with Crippen LogP contribution in [0.5, 0.6) is 0 Å². The number of hydrogen-bond donors (Lipinski definition) is 7. The topological polar surface area (TPSA) is 196 Å². The van der Waals surface area contributed by atoms with Gasteiger partial charge in [-0.1, -0.05) is 0 Å². The molecule has 0 fully saturated rings. The fourth-order valence-corrected chi connectivity index (χ4v) is 1.41. The second kappa shape index (κ2) is 12.7. The molecular formula is C12H18F3N3O8S. The zero-order valence-corrected chi connectivity index (χ0v) is 14.4. The van der Waals surface area contributed by atoms with Gasteiger partial charge in [0.25, 0.3) is 0 Å². The summed E-state index contributed by atoms with van der Waals surface area (Å²) in [5.41, 5.74) is 5.23. The molecule has 7 N–H and O–H groups in total. The van der Waals surface area contributed by atoms with Crippen molar-refractivity contribution >= 4 is 42.4 Å². The first-order chi connectivity index (χ1) is 12.2. The fourth-order valence-electron chi connectivity index (χ4n) is 1.16. The van der Waals surface area contributed by atoms with Crippen LogP contribution in [0.3, 0.4) is 0 Å². The average molecular weight is 424 g/mol. The summed E-state index contributed by atoms with van der Waals surface area (Å²) in [4.78, 5) is 52.6. The maximum atomic E-state index is 11.5. The second-order valence-electron chi connectivity index (χ2n) is 4.70. The molecule has 0 rings (SSSR count). The summed E-state index contributed by atoms with van der Waals surface area (Å²) in [6, 6.07) is -2.15. The number of carboxylic acids is 3. The Morgan fingerprint density at radius 3 is 1.89 bits per heavy atom. The predicted octanol–water partition coefficient (Wildman–Crippen LogP) is -1.57. The van der Waals surface area contributed by atoms with Gasteiger partial charge in [0, 0.05) is 12.2 Å². The summed E-state index contributed by atoms with van der Waals surface area (Å²) in [5, 5.41) is 28.5. The maximum absolute atomic E-state index is 11.5. The molecule has 15 heteroatoms. The van der Waals surface area contributed by atoms with Gasteiger partial charge in [0.1, 0.15) is 18.6 Å². The molecule has 2 amide bonds. The fraction of sp³-hybridized carbons (Fsp3) is 0.583. The van der Waals surface area contributed by atoms with Crippen LogP contribution >= 0.6 is 12.6 Å². The van der Waals surface area contributed by atoms with Crippen LogP contribution < -0.4 is 16.4 Å². The highest BCUT2D eigenvalue weighted by Crippen LogP contribution is 2.13. The number of carbonyl (C=O) groups excluding carboxylic acids is 2. The molecule has 0 saturated carbocycles. The van der Waals surface area contributed by atoms with Gasteiger partial charge >= 0.3 is 24.1 Å². The number of aliphatic carboxylic acids is 3. The Hall–Kier alpha value is -2.55. The molecule has 2 atom stereocenters. The highest BCUT2D eigenvalue weighted by Gasteiger charge is 2.38. The Balaban J connectivity index is 0. The highest BCUT2D eigenvalue weighted by molar-refractivity contribution is 7.80. The van der Waals surface area contributed by atoms with Crippen molar-refractivity contribution in [2.75, 3.05) is 12.3 Å². The van der Waals surface area contributed by atoms with Gasteiger partial charge in [-0.05, 0) is 6.42 Å². The first kappa shape index (κ1) is 26.7. The molecule has 0 bridgehead atoms. The van der Waals surface area contributed by atoms with E-state index in [0.717, 1.165) is 0 Å². The number of nitrogens with one attached hydrogen (secondary N) is 2. The first-order valence-corrected chi connectivity index (χ1v) is 7.53. The summed E-state index contributed by atoms with van der Waals surface area (Å²) in [5.74, 6) is -6.46. The van der Waals surface area contributed by atoms with Crippen LogP contribution in [0, 0.1) is 0 Å². The van der Waals surface area contributed by atoms with Crippen molar-refractivity contribution in [3.63, 3.8) is 0 Å². The lowest BCUT2D eigenvalue weighted by atomic mass is 10.1. The minimum Gasteiger partial charge on any atom is -0.480 e. The number of carboxylic acid groups (broad SMARTS) is 3. The Morgan fingerprint density at radius 1 is 1.07 bits per heavy atom. The number of amides is 2. The third kappa shape index (κ3) is 14.3. The van der Waals surface area contributed by atoms with Crippen LogP contribution in [-0.2, 0) is 24.0 Å². The van der Waals surface area contributed by atoms with Gasteiger partial charge in [-0.15, -0.1) is 0 Å². The molecule has 0 radical (unpaired) electrons. The van der Waals surface area contributed by atoms with Crippen LogP contribution in [0.1, 0.15) is 12.8 Å². The lowest BCUT2D eigenvalue weighted by Gasteiger charge is -2.16. The molecular weight excluding hydrogens is 406 g/mol. The van der Waals surface area contributed by atoms with Gasteiger partial charge in [0.15, 0.2) is 0 Å². The maximum Gasteiger partial charge on any atom is 0.490 e. The summed E-state index contributed by atoms with van der Waals surface area (Å²) in [7, 11) is 0. The van der Waals surface area contributed by atoms with E-state index in [0.29, 0.717) is 0 Å². The molecule has 0 saturated heterocycles. The Morgan fingerprint density at radius 2 is 1.56 bits per heavy atom. The number of halogens is 3. The second-order valence-corrected chi connectivity index (χ2v) is 5.07. The van der Waals surface area contributed by atoms with E-state index in [4.69, 9.17) is 25.8 Å². The summed E-state index contributed by atoms with van der Waals surface area (Å²) < 4.78 is 31.7. The molecule has 156 valence electrons. The summed E-state index contributed by atoms with van der Waals surface area (Å²) in [6.07, 6.45) is -5.32.